The van der Waals surface area contributed by atoms with Crippen LogP contribution in [0, 0.1) is 0 Å². The average Bonchev–Trinajstić information content (AvgIpc) is 2.88. The highest BCUT2D eigenvalue weighted by molar-refractivity contribution is 6.01. The van der Waals surface area contributed by atoms with E-state index in [-0.39, 0.29) is 29.5 Å². The molecule has 12 nitrogen and oxygen atoms in total. The first-order chi connectivity index (χ1) is 17.4. The van der Waals surface area contributed by atoms with Crippen molar-refractivity contribution in [2.24, 2.45) is 0 Å². The van der Waals surface area contributed by atoms with Crippen LogP contribution in [0.3, 0.4) is 0 Å². The Hall–Kier alpha value is -4.32. The minimum absolute atomic E-state index is 0.0427. The second-order valence-electron chi connectivity index (χ2n) is 8.75. The van der Waals surface area contributed by atoms with Crippen LogP contribution in [-0.4, -0.2) is 70.9 Å². The van der Waals surface area contributed by atoms with Crippen molar-refractivity contribution < 1.29 is 14.7 Å². The summed E-state index contributed by atoms with van der Waals surface area (Å²) in [6.45, 7) is 1.66. The number of aliphatic hydroxyl groups excluding tert-OH is 1. The summed E-state index contributed by atoms with van der Waals surface area (Å²) in [4.78, 5) is 70.4. The molecule has 1 aliphatic rings. The van der Waals surface area contributed by atoms with Crippen molar-refractivity contribution in [2.45, 2.75) is 32.2 Å². The van der Waals surface area contributed by atoms with E-state index in [2.05, 4.69) is 19.9 Å². The van der Waals surface area contributed by atoms with Crippen LogP contribution in [0.2, 0.25) is 0 Å². The van der Waals surface area contributed by atoms with E-state index in [1.165, 1.54) is 17.7 Å². The topological polar surface area (TPSA) is 164 Å². The molecule has 5 rings (SSSR count). The van der Waals surface area contributed by atoms with E-state index >= 15 is 0 Å². The van der Waals surface area contributed by atoms with E-state index in [0.717, 1.165) is 0 Å². The molecule has 0 aliphatic carbocycles. The number of likely N-dealkylation sites (tertiary alicyclic amines) is 1. The molecule has 0 unspecified atom stereocenters. The second kappa shape index (κ2) is 9.38. The van der Waals surface area contributed by atoms with Crippen LogP contribution >= 0.6 is 0 Å². The standard InChI is InChI=1S/C24H23N7O5/c1-13(33)8-19-26-9-14(10-27-19)17-2-3-18-21(28-17)22-16(11-25-18)23(35)29-24(36)31(22)15-4-6-30(7-5-15)20(34)12-32/h2-3,9-11,15,32H,4-8,12H2,1H3,(H,29,35,36). The van der Waals surface area contributed by atoms with Crippen LogP contribution in [0.4, 0.5) is 0 Å². The van der Waals surface area contributed by atoms with E-state index in [1.54, 1.807) is 29.4 Å². The van der Waals surface area contributed by atoms with Crippen molar-refractivity contribution in [1.29, 1.82) is 0 Å². The third-order valence-electron chi connectivity index (χ3n) is 6.34. The third-order valence-corrected chi connectivity index (χ3v) is 6.34. The van der Waals surface area contributed by atoms with Crippen LogP contribution in [0.15, 0.2) is 40.3 Å². The van der Waals surface area contributed by atoms with Gasteiger partial charge in [-0.15, -0.1) is 0 Å². The van der Waals surface area contributed by atoms with E-state index in [1.807, 2.05) is 0 Å². The summed E-state index contributed by atoms with van der Waals surface area (Å²) in [5.41, 5.74) is 1.27. The van der Waals surface area contributed by atoms with Gasteiger partial charge in [0.1, 0.15) is 23.7 Å². The third kappa shape index (κ3) is 4.26. The Bertz CT molecular complexity index is 1600. The van der Waals surface area contributed by atoms with Gasteiger partial charge in [-0.25, -0.2) is 19.7 Å². The molecule has 1 amide bonds. The highest BCUT2D eigenvalue weighted by Crippen LogP contribution is 2.28. The molecular weight excluding hydrogens is 466 g/mol. The number of ketones is 1. The summed E-state index contributed by atoms with van der Waals surface area (Å²) in [7, 11) is 0. The summed E-state index contributed by atoms with van der Waals surface area (Å²) in [6, 6.07) is 3.21. The number of rotatable bonds is 5. The summed E-state index contributed by atoms with van der Waals surface area (Å²) in [5.74, 6) is 0.00838. The zero-order valence-electron chi connectivity index (χ0n) is 19.5. The first-order valence-corrected chi connectivity index (χ1v) is 11.5. The lowest BCUT2D eigenvalue weighted by atomic mass is 10.0. The molecule has 4 aromatic heterocycles. The summed E-state index contributed by atoms with van der Waals surface area (Å²) < 4.78 is 1.53. The Labute approximate surface area is 203 Å². The minimum atomic E-state index is -0.561. The maximum atomic E-state index is 13.0. The van der Waals surface area contributed by atoms with Crippen LogP contribution in [0.25, 0.3) is 33.2 Å². The minimum Gasteiger partial charge on any atom is -0.387 e. The summed E-state index contributed by atoms with van der Waals surface area (Å²) in [6.07, 6.45) is 5.66. The fourth-order valence-electron chi connectivity index (χ4n) is 4.57. The van der Waals surface area contributed by atoms with Gasteiger partial charge in [-0.2, -0.15) is 0 Å². The number of nitrogens with zero attached hydrogens (tertiary/aromatic N) is 6. The average molecular weight is 489 g/mol. The molecular formula is C24H23N7O5. The molecule has 0 spiro atoms. The smallest absolute Gasteiger partial charge is 0.329 e. The van der Waals surface area contributed by atoms with Gasteiger partial charge >= 0.3 is 5.69 Å². The van der Waals surface area contributed by atoms with Crippen LogP contribution in [0.1, 0.15) is 31.6 Å². The number of nitrogens with one attached hydrogen (secondary N) is 1. The fraction of sp³-hybridized carbons (Fsp3) is 0.333. The number of Topliss-reactive ketones (excluding diaryl/α,β-unsaturated/α-hetero) is 1. The van der Waals surface area contributed by atoms with Gasteiger partial charge in [0.15, 0.2) is 0 Å². The molecule has 1 fully saturated rings. The van der Waals surface area contributed by atoms with Crippen molar-refractivity contribution in [3.05, 3.63) is 57.4 Å². The highest BCUT2D eigenvalue weighted by Gasteiger charge is 2.26. The Morgan fingerprint density at radius 3 is 2.47 bits per heavy atom. The number of amides is 1. The Morgan fingerprint density at radius 2 is 1.81 bits per heavy atom. The first-order valence-electron chi connectivity index (χ1n) is 11.5. The lowest BCUT2D eigenvalue weighted by Gasteiger charge is -2.33. The van der Waals surface area contributed by atoms with Crippen molar-refractivity contribution in [3.8, 4) is 11.3 Å². The molecule has 0 radical (unpaired) electrons. The van der Waals surface area contributed by atoms with Gasteiger partial charge in [0.2, 0.25) is 5.91 Å². The number of piperidine rings is 1. The highest BCUT2D eigenvalue weighted by atomic mass is 16.3. The van der Waals surface area contributed by atoms with Crippen molar-refractivity contribution in [2.75, 3.05) is 19.7 Å². The van der Waals surface area contributed by atoms with Crippen molar-refractivity contribution in [3.63, 3.8) is 0 Å². The van der Waals surface area contributed by atoms with E-state index in [9.17, 15) is 19.2 Å². The maximum Gasteiger partial charge on any atom is 0.329 e. The van der Waals surface area contributed by atoms with Gasteiger partial charge in [-0.1, -0.05) is 0 Å². The predicted octanol–water partition coefficient (Wildman–Crippen LogP) is 0.377. The molecule has 36 heavy (non-hydrogen) atoms. The quantitative estimate of drug-likeness (QED) is 0.377. The van der Waals surface area contributed by atoms with E-state index < -0.39 is 17.9 Å². The molecule has 1 aliphatic heterocycles. The number of H-pyrrole nitrogens is 1. The monoisotopic (exact) mass is 489 g/mol. The molecule has 184 valence electrons. The normalized spacial score (nSPS) is 14.4. The Morgan fingerprint density at radius 1 is 1.08 bits per heavy atom. The summed E-state index contributed by atoms with van der Waals surface area (Å²) >= 11 is 0. The number of hydrogen-bond donors (Lipinski definition) is 2. The molecule has 4 aromatic rings. The molecule has 5 heterocycles. The lowest BCUT2D eigenvalue weighted by Crippen LogP contribution is -2.43. The van der Waals surface area contributed by atoms with Crippen molar-refractivity contribution in [1.82, 2.24) is 34.4 Å². The number of aliphatic hydroxyl groups is 1. The molecule has 0 aromatic carbocycles. The number of fused-ring (bicyclic) bond motifs is 3. The lowest BCUT2D eigenvalue weighted by molar-refractivity contribution is -0.135. The Kier molecular flexibility index (Phi) is 6.10. The number of aromatic amines is 1. The number of pyridine rings is 2. The number of carbonyl (C=O) groups is 2. The number of hydrogen-bond acceptors (Lipinski definition) is 9. The molecule has 0 bridgehead atoms. The van der Waals surface area contributed by atoms with Gasteiger partial charge in [0.25, 0.3) is 5.56 Å². The van der Waals surface area contributed by atoms with Crippen LogP contribution in [0.5, 0.6) is 0 Å². The molecule has 2 N–H and O–H groups in total. The van der Waals surface area contributed by atoms with Crippen LogP contribution < -0.4 is 11.2 Å². The molecule has 0 saturated carbocycles. The summed E-state index contributed by atoms with van der Waals surface area (Å²) in [5, 5.41) is 9.38. The van der Waals surface area contributed by atoms with Crippen molar-refractivity contribution >= 4 is 33.6 Å². The van der Waals surface area contributed by atoms with Gasteiger partial charge < -0.3 is 10.0 Å². The largest absolute Gasteiger partial charge is 0.387 e. The van der Waals surface area contributed by atoms with Gasteiger partial charge in [-0.3, -0.25) is 28.9 Å². The SMILES string of the molecule is CC(=O)Cc1ncc(-c2ccc3ncc4c(=O)[nH]c(=O)n(C5CCN(C(=O)CO)CC5)c4c3n2)cn1. The Balaban J connectivity index is 1.63. The molecule has 0 atom stereocenters. The van der Waals surface area contributed by atoms with Gasteiger partial charge in [0, 0.05) is 43.3 Å². The second-order valence-corrected chi connectivity index (χ2v) is 8.75. The van der Waals surface area contributed by atoms with Gasteiger partial charge in [-0.05, 0) is 31.9 Å². The molecule has 1 saturated heterocycles. The van der Waals surface area contributed by atoms with Gasteiger partial charge in [0.05, 0.1) is 28.5 Å². The predicted molar refractivity (Wildman–Crippen MR) is 129 cm³/mol. The van der Waals surface area contributed by atoms with E-state index in [4.69, 9.17) is 10.1 Å². The van der Waals surface area contributed by atoms with E-state index in [0.29, 0.717) is 59.6 Å². The number of carbonyl (C=O) groups excluding carboxylic acids is 2. The van der Waals surface area contributed by atoms with Crippen LogP contribution in [-0.2, 0) is 16.0 Å². The zero-order valence-corrected chi connectivity index (χ0v) is 19.5. The maximum absolute atomic E-state index is 13.0. The molecule has 12 heteroatoms. The first kappa shape index (κ1) is 23.4. The fourth-order valence-corrected chi connectivity index (χ4v) is 4.57. The number of aromatic nitrogens is 6. The zero-order chi connectivity index (χ0) is 25.4.